The second kappa shape index (κ2) is 3.56. The normalized spacial score (nSPS) is 23.4. The first kappa shape index (κ1) is 10.8. The molecule has 2 nitrogen and oxygen atoms in total. The van der Waals surface area contributed by atoms with Crippen LogP contribution in [-0.2, 0) is 0 Å². The molecule has 2 aromatic rings. The number of imidazole rings is 1. The zero-order chi connectivity index (χ0) is 12.0. The lowest BCUT2D eigenvalue weighted by atomic mass is 9.81. The minimum atomic E-state index is -0.210. The number of nitrogens with zero attached hydrogens (tertiary/aromatic N) is 1. The van der Waals surface area contributed by atoms with Gasteiger partial charge in [0.05, 0.1) is 11.0 Å². The van der Waals surface area contributed by atoms with Crippen LogP contribution in [0.2, 0.25) is 0 Å². The fourth-order valence-electron chi connectivity index (χ4n) is 3.00. The molecule has 1 aliphatic carbocycles. The number of aromatic amines is 1. The van der Waals surface area contributed by atoms with E-state index in [-0.39, 0.29) is 5.82 Å². The molecule has 1 heterocycles. The topological polar surface area (TPSA) is 28.7 Å². The van der Waals surface area contributed by atoms with E-state index in [9.17, 15) is 4.39 Å². The van der Waals surface area contributed by atoms with Crippen LogP contribution >= 0.6 is 0 Å². The van der Waals surface area contributed by atoms with Crippen LogP contribution in [0, 0.1) is 11.2 Å². The summed E-state index contributed by atoms with van der Waals surface area (Å²) < 4.78 is 13.1. The molecule has 1 aromatic heterocycles. The van der Waals surface area contributed by atoms with E-state index in [1.54, 1.807) is 6.07 Å². The Hall–Kier alpha value is -1.38. The van der Waals surface area contributed by atoms with Gasteiger partial charge in [0, 0.05) is 5.92 Å². The summed E-state index contributed by atoms with van der Waals surface area (Å²) in [5, 5.41) is 0. The third-order valence-electron chi connectivity index (χ3n) is 4.05. The second-order valence-electron chi connectivity index (χ2n) is 5.72. The van der Waals surface area contributed by atoms with Gasteiger partial charge in [-0.3, -0.25) is 0 Å². The van der Waals surface area contributed by atoms with Gasteiger partial charge in [0.15, 0.2) is 0 Å². The number of rotatable bonds is 1. The van der Waals surface area contributed by atoms with E-state index in [0.29, 0.717) is 11.3 Å². The van der Waals surface area contributed by atoms with Gasteiger partial charge in [-0.25, -0.2) is 9.37 Å². The summed E-state index contributed by atoms with van der Waals surface area (Å²) in [4.78, 5) is 7.89. The number of H-pyrrole nitrogens is 1. The van der Waals surface area contributed by atoms with Gasteiger partial charge in [0.25, 0.3) is 0 Å². The Kier molecular flexibility index (Phi) is 2.25. The van der Waals surface area contributed by atoms with E-state index in [1.807, 2.05) is 0 Å². The summed E-state index contributed by atoms with van der Waals surface area (Å²) in [6, 6.07) is 4.73. The molecule has 1 aliphatic rings. The van der Waals surface area contributed by atoms with E-state index < -0.39 is 0 Å². The molecule has 1 N–H and O–H groups in total. The zero-order valence-corrected chi connectivity index (χ0v) is 10.3. The number of fused-ring (bicyclic) bond motifs is 1. The summed E-state index contributed by atoms with van der Waals surface area (Å²) in [6.45, 7) is 4.58. The van der Waals surface area contributed by atoms with Gasteiger partial charge in [-0.05, 0) is 36.5 Å². The lowest BCUT2D eigenvalue weighted by Gasteiger charge is -2.24. The molecule has 0 aliphatic heterocycles. The van der Waals surface area contributed by atoms with Crippen molar-refractivity contribution in [1.29, 1.82) is 0 Å². The molecule has 1 aromatic carbocycles. The molecule has 1 fully saturated rings. The van der Waals surface area contributed by atoms with Crippen LogP contribution in [0.4, 0.5) is 4.39 Å². The molecule has 90 valence electrons. The highest BCUT2D eigenvalue weighted by Gasteiger charge is 2.37. The van der Waals surface area contributed by atoms with Crippen molar-refractivity contribution in [2.24, 2.45) is 5.41 Å². The van der Waals surface area contributed by atoms with Gasteiger partial charge in [-0.2, -0.15) is 0 Å². The highest BCUT2D eigenvalue weighted by atomic mass is 19.1. The van der Waals surface area contributed by atoms with Crippen LogP contribution in [0.5, 0.6) is 0 Å². The molecule has 1 atom stereocenters. The largest absolute Gasteiger partial charge is 0.342 e. The highest BCUT2D eigenvalue weighted by molar-refractivity contribution is 5.75. The number of benzene rings is 1. The van der Waals surface area contributed by atoms with Crippen molar-refractivity contribution in [2.45, 2.75) is 39.0 Å². The van der Waals surface area contributed by atoms with Gasteiger partial charge in [0.1, 0.15) is 11.6 Å². The predicted molar refractivity (Wildman–Crippen MR) is 66.4 cm³/mol. The number of nitrogens with one attached hydrogen (secondary N) is 1. The fraction of sp³-hybridized carbons (Fsp3) is 0.500. The molecule has 0 amide bonds. The summed E-state index contributed by atoms with van der Waals surface area (Å²) in [6.07, 6.45) is 3.67. The minimum Gasteiger partial charge on any atom is -0.342 e. The molecule has 0 spiro atoms. The van der Waals surface area contributed by atoms with E-state index in [4.69, 9.17) is 0 Å². The Labute approximate surface area is 100 Å². The highest BCUT2D eigenvalue weighted by Crippen LogP contribution is 2.48. The quantitative estimate of drug-likeness (QED) is 0.791. The van der Waals surface area contributed by atoms with Crippen molar-refractivity contribution in [2.75, 3.05) is 0 Å². The van der Waals surface area contributed by atoms with Crippen molar-refractivity contribution >= 4 is 11.0 Å². The van der Waals surface area contributed by atoms with Crippen LogP contribution < -0.4 is 0 Å². The Morgan fingerprint density at radius 3 is 2.94 bits per heavy atom. The number of aromatic nitrogens is 2. The molecule has 0 bridgehead atoms. The van der Waals surface area contributed by atoms with E-state index in [1.165, 1.54) is 31.4 Å². The SMILES string of the molecule is CC1(C)CCCC1c1nc2ccc(F)cc2[nH]1. The van der Waals surface area contributed by atoms with E-state index >= 15 is 0 Å². The Morgan fingerprint density at radius 2 is 2.24 bits per heavy atom. The molecule has 17 heavy (non-hydrogen) atoms. The zero-order valence-electron chi connectivity index (χ0n) is 10.3. The van der Waals surface area contributed by atoms with Crippen molar-refractivity contribution in [3.8, 4) is 0 Å². The summed E-state index contributed by atoms with van der Waals surface area (Å²) in [7, 11) is 0. The van der Waals surface area contributed by atoms with Gasteiger partial charge in [0.2, 0.25) is 0 Å². The number of halogens is 1. The third-order valence-corrected chi connectivity index (χ3v) is 4.05. The maximum Gasteiger partial charge on any atom is 0.125 e. The molecule has 3 heteroatoms. The molecule has 3 rings (SSSR count). The van der Waals surface area contributed by atoms with Crippen molar-refractivity contribution < 1.29 is 4.39 Å². The molecule has 0 saturated heterocycles. The van der Waals surface area contributed by atoms with Gasteiger partial charge in [-0.1, -0.05) is 20.3 Å². The van der Waals surface area contributed by atoms with Crippen molar-refractivity contribution in [1.82, 2.24) is 9.97 Å². The van der Waals surface area contributed by atoms with E-state index in [0.717, 1.165) is 16.9 Å². The lowest BCUT2D eigenvalue weighted by Crippen LogP contribution is -2.16. The lowest BCUT2D eigenvalue weighted by molar-refractivity contribution is 0.324. The van der Waals surface area contributed by atoms with Crippen LogP contribution in [0.1, 0.15) is 44.9 Å². The maximum atomic E-state index is 13.1. The third kappa shape index (κ3) is 1.74. The Balaban J connectivity index is 2.06. The van der Waals surface area contributed by atoms with Crippen LogP contribution in [0.25, 0.3) is 11.0 Å². The first-order valence-electron chi connectivity index (χ1n) is 6.21. The first-order chi connectivity index (χ1) is 8.06. The monoisotopic (exact) mass is 232 g/mol. The standard InChI is InChI=1S/C14H17FN2/c1-14(2)7-3-4-10(14)13-16-11-6-5-9(15)8-12(11)17-13/h5-6,8,10H,3-4,7H2,1-2H3,(H,16,17). The maximum absolute atomic E-state index is 13.1. The van der Waals surface area contributed by atoms with Crippen LogP contribution in [0.15, 0.2) is 18.2 Å². The molecule has 1 saturated carbocycles. The van der Waals surface area contributed by atoms with E-state index in [2.05, 4.69) is 23.8 Å². The summed E-state index contributed by atoms with van der Waals surface area (Å²) in [5.74, 6) is 1.28. The van der Waals surface area contributed by atoms with Crippen molar-refractivity contribution in [3.63, 3.8) is 0 Å². The number of hydrogen-bond acceptors (Lipinski definition) is 1. The minimum absolute atomic E-state index is 0.210. The molecule has 1 unspecified atom stereocenters. The Morgan fingerprint density at radius 1 is 1.41 bits per heavy atom. The van der Waals surface area contributed by atoms with Gasteiger partial charge < -0.3 is 4.98 Å². The van der Waals surface area contributed by atoms with Crippen LogP contribution in [0.3, 0.4) is 0 Å². The summed E-state index contributed by atoms with van der Waals surface area (Å²) in [5.41, 5.74) is 1.97. The molecule has 0 radical (unpaired) electrons. The second-order valence-corrected chi connectivity index (χ2v) is 5.72. The molecular formula is C14H17FN2. The molecular weight excluding hydrogens is 215 g/mol. The van der Waals surface area contributed by atoms with Gasteiger partial charge >= 0.3 is 0 Å². The van der Waals surface area contributed by atoms with Gasteiger partial charge in [-0.15, -0.1) is 0 Å². The summed E-state index contributed by atoms with van der Waals surface area (Å²) >= 11 is 0. The van der Waals surface area contributed by atoms with Crippen molar-refractivity contribution in [3.05, 3.63) is 29.8 Å². The number of hydrogen-bond donors (Lipinski definition) is 1. The average Bonchev–Trinajstić information content (AvgIpc) is 2.79. The fourth-order valence-corrected chi connectivity index (χ4v) is 3.00. The Bertz CT molecular complexity index is 556. The first-order valence-corrected chi connectivity index (χ1v) is 6.21. The predicted octanol–water partition coefficient (Wildman–Crippen LogP) is 4.00. The smallest absolute Gasteiger partial charge is 0.125 e. The average molecular weight is 232 g/mol. The van der Waals surface area contributed by atoms with Crippen LogP contribution in [-0.4, -0.2) is 9.97 Å².